The van der Waals surface area contributed by atoms with Gasteiger partial charge in [-0.25, -0.2) is 17.7 Å². The lowest BCUT2D eigenvalue weighted by molar-refractivity contribution is 0.00578. The molecular formula is C20H25BN2O4S. The number of aromatic nitrogens is 1. The van der Waals surface area contributed by atoms with Crippen LogP contribution in [0.15, 0.2) is 41.4 Å². The summed E-state index contributed by atoms with van der Waals surface area (Å²) in [5.41, 5.74) is 1.82. The minimum Gasteiger partial charge on any atom is -0.399 e. The van der Waals surface area contributed by atoms with Gasteiger partial charge in [0.05, 0.1) is 16.1 Å². The van der Waals surface area contributed by atoms with Crippen molar-refractivity contribution in [3.63, 3.8) is 0 Å². The van der Waals surface area contributed by atoms with Crippen LogP contribution in [0.25, 0.3) is 0 Å². The molecule has 0 radical (unpaired) electrons. The SMILES string of the molecule is Cc1ccc(S(=O)(=O)N2CCc3c(B4OC(C)(C)C(C)(C)O4)ccnc32)cc1. The Morgan fingerprint density at radius 2 is 1.64 bits per heavy atom. The van der Waals surface area contributed by atoms with E-state index in [1.165, 1.54) is 4.31 Å². The van der Waals surface area contributed by atoms with Gasteiger partial charge in [0.1, 0.15) is 5.82 Å². The van der Waals surface area contributed by atoms with Crippen molar-refractivity contribution in [1.82, 2.24) is 4.98 Å². The van der Waals surface area contributed by atoms with Crippen molar-refractivity contribution in [2.24, 2.45) is 0 Å². The number of rotatable bonds is 3. The lowest BCUT2D eigenvalue weighted by Crippen LogP contribution is -2.41. The third kappa shape index (κ3) is 2.94. The average Bonchev–Trinajstić information content (AvgIpc) is 3.14. The summed E-state index contributed by atoms with van der Waals surface area (Å²) in [6.45, 7) is 10.3. The standard InChI is InChI=1S/C20H25BN2O4S/c1-14-6-8-15(9-7-14)28(24,25)23-13-11-16-17(10-12-22-18(16)23)21-26-19(2,3)20(4,5)27-21/h6-10,12H,11,13H2,1-5H3. The highest BCUT2D eigenvalue weighted by atomic mass is 32.2. The van der Waals surface area contributed by atoms with E-state index in [1.54, 1.807) is 30.5 Å². The largest absolute Gasteiger partial charge is 0.495 e. The maximum Gasteiger partial charge on any atom is 0.495 e. The van der Waals surface area contributed by atoms with Crippen LogP contribution in [0, 0.1) is 6.92 Å². The van der Waals surface area contributed by atoms with Crippen LogP contribution in [0.2, 0.25) is 0 Å². The molecule has 0 aliphatic carbocycles. The normalized spacial score (nSPS) is 20.5. The van der Waals surface area contributed by atoms with Gasteiger partial charge in [-0.3, -0.25) is 0 Å². The molecule has 0 unspecified atom stereocenters. The molecule has 1 fully saturated rings. The van der Waals surface area contributed by atoms with Crippen LogP contribution in [-0.4, -0.2) is 38.3 Å². The zero-order valence-electron chi connectivity index (χ0n) is 16.9. The fraction of sp³-hybridized carbons (Fsp3) is 0.450. The molecule has 2 aliphatic heterocycles. The van der Waals surface area contributed by atoms with E-state index in [2.05, 4.69) is 4.98 Å². The first-order chi connectivity index (χ1) is 13.0. The van der Waals surface area contributed by atoms with E-state index in [9.17, 15) is 8.42 Å². The zero-order valence-corrected chi connectivity index (χ0v) is 17.7. The van der Waals surface area contributed by atoms with Crippen molar-refractivity contribution in [3.8, 4) is 0 Å². The van der Waals surface area contributed by atoms with E-state index < -0.39 is 28.3 Å². The van der Waals surface area contributed by atoms with Gasteiger partial charge in [0.25, 0.3) is 10.0 Å². The number of anilines is 1. The fourth-order valence-corrected chi connectivity index (χ4v) is 5.00. The highest BCUT2D eigenvalue weighted by Gasteiger charge is 2.53. The molecule has 1 aromatic carbocycles. The number of nitrogens with zero attached hydrogens (tertiary/aromatic N) is 2. The van der Waals surface area contributed by atoms with Crippen LogP contribution >= 0.6 is 0 Å². The summed E-state index contributed by atoms with van der Waals surface area (Å²) in [5.74, 6) is 0.466. The van der Waals surface area contributed by atoms with Crippen LogP contribution in [0.3, 0.4) is 0 Å². The van der Waals surface area contributed by atoms with Gasteiger partial charge in [0, 0.05) is 12.7 Å². The summed E-state index contributed by atoms with van der Waals surface area (Å²) in [4.78, 5) is 4.66. The Kier molecular flexibility index (Phi) is 4.37. The summed E-state index contributed by atoms with van der Waals surface area (Å²) in [6.07, 6.45) is 2.20. The van der Waals surface area contributed by atoms with E-state index in [0.29, 0.717) is 18.8 Å². The molecule has 1 aromatic heterocycles. The molecule has 0 atom stereocenters. The molecule has 0 saturated carbocycles. The van der Waals surface area contributed by atoms with E-state index in [-0.39, 0.29) is 4.90 Å². The van der Waals surface area contributed by atoms with Crippen molar-refractivity contribution in [1.29, 1.82) is 0 Å². The Labute approximate surface area is 167 Å². The van der Waals surface area contributed by atoms with Crippen LogP contribution < -0.4 is 9.77 Å². The molecule has 28 heavy (non-hydrogen) atoms. The molecule has 3 heterocycles. The predicted octanol–water partition coefficient (Wildman–Crippen LogP) is 2.44. The van der Waals surface area contributed by atoms with Crippen LogP contribution in [0.4, 0.5) is 5.82 Å². The second-order valence-corrected chi connectivity index (χ2v) is 10.3. The highest BCUT2D eigenvalue weighted by Crippen LogP contribution is 2.38. The van der Waals surface area contributed by atoms with Crippen molar-refractivity contribution < 1.29 is 17.7 Å². The van der Waals surface area contributed by atoms with Gasteiger partial charge in [-0.05, 0) is 70.3 Å². The van der Waals surface area contributed by atoms with E-state index in [4.69, 9.17) is 9.31 Å². The maximum atomic E-state index is 13.2. The summed E-state index contributed by atoms with van der Waals surface area (Å²) >= 11 is 0. The van der Waals surface area contributed by atoms with E-state index in [0.717, 1.165) is 16.6 Å². The monoisotopic (exact) mass is 400 g/mol. The quantitative estimate of drug-likeness (QED) is 0.741. The Morgan fingerprint density at radius 1 is 1.04 bits per heavy atom. The highest BCUT2D eigenvalue weighted by molar-refractivity contribution is 7.92. The molecule has 4 rings (SSSR count). The van der Waals surface area contributed by atoms with Gasteiger partial charge >= 0.3 is 7.12 Å². The Bertz CT molecular complexity index is 1000. The molecule has 148 valence electrons. The van der Waals surface area contributed by atoms with E-state index in [1.807, 2.05) is 40.7 Å². The molecule has 0 N–H and O–H groups in total. The minimum absolute atomic E-state index is 0.272. The second-order valence-electron chi connectivity index (χ2n) is 8.43. The van der Waals surface area contributed by atoms with Crippen LogP contribution in [-0.2, 0) is 25.8 Å². The number of hydrogen-bond acceptors (Lipinski definition) is 5. The Hall–Kier alpha value is -1.90. The lowest BCUT2D eigenvalue weighted by atomic mass is 9.76. The smallest absolute Gasteiger partial charge is 0.399 e. The maximum absolute atomic E-state index is 13.2. The average molecular weight is 400 g/mol. The molecule has 2 aromatic rings. The van der Waals surface area contributed by atoms with Gasteiger partial charge in [-0.2, -0.15) is 0 Å². The first kappa shape index (κ1) is 19.4. The lowest BCUT2D eigenvalue weighted by Gasteiger charge is -2.32. The molecule has 8 heteroatoms. The summed E-state index contributed by atoms with van der Waals surface area (Å²) in [7, 11) is -4.20. The van der Waals surface area contributed by atoms with Gasteiger partial charge in [-0.15, -0.1) is 0 Å². The summed E-state index contributed by atoms with van der Waals surface area (Å²) in [6, 6.07) is 8.75. The third-order valence-electron chi connectivity index (χ3n) is 5.99. The van der Waals surface area contributed by atoms with Crippen molar-refractivity contribution in [2.75, 3.05) is 10.8 Å². The number of aryl methyl sites for hydroxylation is 1. The number of benzene rings is 1. The first-order valence-corrected chi connectivity index (χ1v) is 10.9. The number of hydrogen-bond donors (Lipinski definition) is 0. The van der Waals surface area contributed by atoms with Gasteiger partial charge in [-0.1, -0.05) is 17.7 Å². The summed E-state index contributed by atoms with van der Waals surface area (Å²) < 4.78 is 40.1. The number of sulfonamides is 1. The second kappa shape index (κ2) is 6.30. The first-order valence-electron chi connectivity index (χ1n) is 9.46. The van der Waals surface area contributed by atoms with Crippen molar-refractivity contribution in [2.45, 2.75) is 57.1 Å². The molecular weight excluding hydrogens is 375 g/mol. The van der Waals surface area contributed by atoms with Crippen molar-refractivity contribution in [3.05, 3.63) is 47.7 Å². The molecule has 0 bridgehead atoms. The van der Waals surface area contributed by atoms with Crippen molar-refractivity contribution >= 4 is 28.4 Å². The Morgan fingerprint density at radius 3 is 2.25 bits per heavy atom. The van der Waals surface area contributed by atoms with E-state index >= 15 is 0 Å². The minimum atomic E-state index is -3.67. The number of pyridine rings is 1. The van der Waals surface area contributed by atoms with Crippen LogP contribution in [0.1, 0.15) is 38.8 Å². The molecule has 2 aliphatic rings. The fourth-order valence-electron chi connectivity index (χ4n) is 3.55. The molecule has 1 saturated heterocycles. The predicted molar refractivity (Wildman–Crippen MR) is 109 cm³/mol. The molecule has 0 amide bonds. The summed E-state index contributed by atoms with van der Waals surface area (Å²) in [5, 5.41) is 0. The topological polar surface area (TPSA) is 68.7 Å². The molecule has 6 nitrogen and oxygen atoms in total. The van der Waals surface area contributed by atoms with Gasteiger partial charge in [0.15, 0.2) is 0 Å². The van der Waals surface area contributed by atoms with Gasteiger partial charge in [0.2, 0.25) is 0 Å². The third-order valence-corrected chi connectivity index (χ3v) is 7.79. The zero-order chi connectivity index (χ0) is 20.3. The number of fused-ring (bicyclic) bond motifs is 1. The van der Waals surface area contributed by atoms with Gasteiger partial charge < -0.3 is 9.31 Å². The molecule has 0 spiro atoms. The Balaban J connectivity index is 1.71. The van der Waals surface area contributed by atoms with Crippen LogP contribution in [0.5, 0.6) is 0 Å².